The van der Waals surface area contributed by atoms with Crippen LogP contribution in [0.4, 0.5) is 5.69 Å². The Morgan fingerprint density at radius 2 is 2.31 bits per heavy atom. The van der Waals surface area contributed by atoms with Crippen molar-refractivity contribution in [2.45, 2.75) is 25.9 Å². The summed E-state index contributed by atoms with van der Waals surface area (Å²) in [4.78, 5) is 12.1. The highest BCUT2D eigenvalue weighted by Crippen LogP contribution is 2.52. The highest BCUT2D eigenvalue weighted by Gasteiger charge is 2.45. The fraction of sp³-hybridized carbons (Fsp3) is 0.316. The first-order chi connectivity index (χ1) is 12.6. The maximum atomic E-state index is 12.1. The van der Waals surface area contributed by atoms with E-state index < -0.39 is 5.97 Å². The Labute approximate surface area is 151 Å². The molecule has 0 bridgehead atoms. The van der Waals surface area contributed by atoms with Crippen molar-refractivity contribution in [3.05, 3.63) is 58.6 Å². The quantitative estimate of drug-likeness (QED) is 0.400. The van der Waals surface area contributed by atoms with Crippen LogP contribution in [0.5, 0.6) is 0 Å². The summed E-state index contributed by atoms with van der Waals surface area (Å²) in [5, 5.41) is 24.1. The Morgan fingerprint density at radius 3 is 2.92 bits per heavy atom. The number of aromatic nitrogens is 1. The summed E-state index contributed by atoms with van der Waals surface area (Å²) in [6.45, 7) is 1.78. The first-order valence-corrected chi connectivity index (χ1v) is 8.30. The van der Waals surface area contributed by atoms with E-state index in [9.17, 15) is 9.90 Å². The highest BCUT2D eigenvalue weighted by molar-refractivity contribution is 6.09. The molecule has 0 aliphatic heterocycles. The maximum Gasteiger partial charge on any atom is 0.341 e. The minimum Gasteiger partial charge on any atom is -0.465 e. The second-order valence-electron chi connectivity index (χ2n) is 6.27. The second-order valence-corrected chi connectivity index (χ2v) is 6.27. The van der Waals surface area contributed by atoms with Crippen molar-refractivity contribution < 1.29 is 19.2 Å². The summed E-state index contributed by atoms with van der Waals surface area (Å²) in [7, 11) is 1.29. The number of carbonyl (C=O) groups excluding carboxylic acids is 1. The zero-order chi connectivity index (χ0) is 18.7. The predicted molar refractivity (Wildman–Crippen MR) is 95.9 cm³/mol. The van der Waals surface area contributed by atoms with E-state index in [4.69, 9.17) is 14.7 Å². The lowest BCUT2D eigenvalue weighted by atomic mass is 10.1. The van der Waals surface area contributed by atoms with Crippen LogP contribution in [0.1, 0.15) is 29.4 Å². The topological polar surface area (TPSA) is 108 Å². The lowest BCUT2D eigenvalue weighted by molar-refractivity contribution is -0.135. The van der Waals surface area contributed by atoms with Crippen molar-refractivity contribution in [1.82, 2.24) is 5.16 Å². The SMILES string of the molecule is COC(=O)/C(C=N)=C(/Nc1cccc(CO)c1)[C@@H]1CC1c1cc(C)no1. The number of aliphatic hydroxyl groups excluding tert-OH is 1. The summed E-state index contributed by atoms with van der Waals surface area (Å²) >= 11 is 0. The van der Waals surface area contributed by atoms with Crippen LogP contribution < -0.4 is 5.32 Å². The van der Waals surface area contributed by atoms with E-state index in [1.54, 1.807) is 6.07 Å². The smallest absolute Gasteiger partial charge is 0.341 e. The number of aliphatic hydroxyl groups is 1. The van der Waals surface area contributed by atoms with Gasteiger partial charge < -0.3 is 25.1 Å². The molecule has 1 heterocycles. The molecule has 1 aromatic carbocycles. The Balaban J connectivity index is 1.93. The number of hydrogen-bond acceptors (Lipinski definition) is 7. The number of esters is 1. The zero-order valence-corrected chi connectivity index (χ0v) is 14.7. The van der Waals surface area contributed by atoms with Gasteiger partial charge in [0, 0.05) is 35.5 Å². The Bertz CT molecular complexity index is 856. The van der Waals surface area contributed by atoms with Crippen molar-refractivity contribution in [2.75, 3.05) is 12.4 Å². The van der Waals surface area contributed by atoms with E-state index in [-0.39, 0.29) is 24.0 Å². The number of carbonyl (C=O) groups is 1. The summed E-state index contributed by atoms with van der Waals surface area (Å²) in [6.07, 6.45) is 1.79. The number of rotatable bonds is 7. The number of ether oxygens (including phenoxy) is 1. The summed E-state index contributed by atoms with van der Waals surface area (Å²) < 4.78 is 10.2. The number of nitrogens with zero attached hydrogens (tertiary/aromatic N) is 1. The minimum absolute atomic E-state index is 0.00386. The molecule has 1 unspecified atom stereocenters. The van der Waals surface area contributed by atoms with Gasteiger partial charge in [-0.3, -0.25) is 0 Å². The molecule has 0 amide bonds. The normalized spacial score (nSPS) is 19.5. The minimum atomic E-state index is -0.569. The molecule has 7 heteroatoms. The third kappa shape index (κ3) is 3.67. The zero-order valence-electron chi connectivity index (χ0n) is 14.7. The van der Waals surface area contributed by atoms with Gasteiger partial charge in [-0.1, -0.05) is 17.3 Å². The Kier molecular flexibility index (Phi) is 5.18. The van der Waals surface area contributed by atoms with Gasteiger partial charge in [0.15, 0.2) is 0 Å². The largest absolute Gasteiger partial charge is 0.465 e. The summed E-state index contributed by atoms with van der Waals surface area (Å²) in [5.41, 5.74) is 3.07. The Morgan fingerprint density at radius 1 is 1.50 bits per heavy atom. The third-order valence-electron chi connectivity index (χ3n) is 4.40. The van der Waals surface area contributed by atoms with Gasteiger partial charge in [-0.15, -0.1) is 0 Å². The summed E-state index contributed by atoms with van der Waals surface area (Å²) in [6, 6.07) is 9.15. The molecule has 1 fully saturated rings. The molecule has 3 N–H and O–H groups in total. The number of hydrogen-bond donors (Lipinski definition) is 3. The average molecular weight is 355 g/mol. The van der Waals surface area contributed by atoms with Gasteiger partial charge in [-0.25, -0.2) is 4.79 Å². The highest BCUT2D eigenvalue weighted by atomic mass is 16.5. The molecular weight excluding hydrogens is 334 g/mol. The predicted octanol–water partition coefficient (Wildman–Crippen LogP) is 2.77. The van der Waals surface area contributed by atoms with Crippen molar-refractivity contribution >= 4 is 17.9 Å². The van der Waals surface area contributed by atoms with Gasteiger partial charge >= 0.3 is 5.97 Å². The molecule has 0 saturated heterocycles. The Hall–Kier alpha value is -2.93. The van der Waals surface area contributed by atoms with Gasteiger partial charge in [-0.05, 0) is 31.0 Å². The molecule has 2 atom stereocenters. The monoisotopic (exact) mass is 355 g/mol. The maximum absolute atomic E-state index is 12.1. The van der Waals surface area contributed by atoms with E-state index in [2.05, 4.69) is 10.5 Å². The van der Waals surface area contributed by atoms with Gasteiger partial charge in [0.1, 0.15) is 5.76 Å². The van der Waals surface area contributed by atoms with E-state index in [1.165, 1.54) is 7.11 Å². The van der Waals surface area contributed by atoms with Crippen molar-refractivity contribution in [3.63, 3.8) is 0 Å². The average Bonchev–Trinajstić information content (AvgIpc) is 3.34. The molecule has 1 aliphatic rings. The molecule has 1 aromatic heterocycles. The number of allylic oxidation sites excluding steroid dienone is 1. The van der Waals surface area contributed by atoms with Gasteiger partial charge in [0.25, 0.3) is 0 Å². The van der Waals surface area contributed by atoms with E-state index >= 15 is 0 Å². The first-order valence-electron chi connectivity index (χ1n) is 8.30. The van der Waals surface area contributed by atoms with Crippen molar-refractivity contribution in [2.24, 2.45) is 5.92 Å². The fourth-order valence-electron chi connectivity index (χ4n) is 3.01. The van der Waals surface area contributed by atoms with Crippen LogP contribution in [0.3, 0.4) is 0 Å². The molecule has 2 aromatic rings. The molecule has 3 rings (SSSR count). The number of aryl methyl sites for hydroxylation is 1. The van der Waals surface area contributed by atoms with Gasteiger partial charge in [0.2, 0.25) is 0 Å². The van der Waals surface area contributed by atoms with Crippen LogP contribution >= 0.6 is 0 Å². The summed E-state index contributed by atoms with van der Waals surface area (Å²) in [5.74, 6) is 0.292. The van der Waals surface area contributed by atoms with Gasteiger partial charge in [0.05, 0.1) is 25.0 Å². The molecular formula is C19H21N3O4. The van der Waals surface area contributed by atoms with Crippen LogP contribution in [0.25, 0.3) is 0 Å². The first kappa shape index (κ1) is 17.9. The van der Waals surface area contributed by atoms with Crippen LogP contribution in [0, 0.1) is 18.3 Å². The lowest BCUT2D eigenvalue weighted by Crippen LogP contribution is -2.15. The molecule has 136 valence electrons. The number of anilines is 1. The van der Waals surface area contributed by atoms with E-state index in [0.29, 0.717) is 5.70 Å². The molecule has 0 radical (unpaired) electrons. The van der Waals surface area contributed by atoms with Crippen LogP contribution in [-0.2, 0) is 16.1 Å². The van der Waals surface area contributed by atoms with Crippen molar-refractivity contribution in [3.8, 4) is 0 Å². The van der Waals surface area contributed by atoms with Crippen LogP contribution in [-0.4, -0.2) is 29.6 Å². The lowest BCUT2D eigenvalue weighted by Gasteiger charge is -2.14. The van der Waals surface area contributed by atoms with Crippen LogP contribution in [0.15, 0.2) is 46.1 Å². The number of benzene rings is 1. The molecule has 26 heavy (non-hydrogen) atoms. The second kappa shape index (κ2) is 7.53. The van der Waals surface area contributed by atoms with Crippen LogP contribution in [0.2, 0.25) is 0 Å². The molecule has 1 aliphatic carbocycles. The molecule has 1 saturated carbocycles. The van der Waals surface area contributed by atoms with E-state index in [0.717, 1.165) is 35.3 Å². The fourth-order valence-corrected chi connectivity index (χ4v) is 3.01. The van der Waals surface area contributed by atoms with Crippen molar-refractivity contribution in [1.29, 1.82) is 5.41 Å². The molecule has 7 nitrogen and oxygen atoms in total. The van der Waals surface area contributed by atoms with E-state index in [1.807, 2.05) is 31.2 Å². The third-order valence-corrected chi connectivity index (χ3v) is 4.40. The number of nitrogens with one attached hydrogen (secondary N) is 2. The number of methoxy groups -OCH3 is 1. The molecule has 0 spiro atoms. The van der Waals surface area contributed by atoms with Gasteiger partial charge in [-0.2, -0.15) is 0 Å². The standard InChI is InChI=1S/C19H21N3O4/c1-11-6-17(26-22-11)14-8-15(14)18(16(9-20)19(24)25-2)21-13-5-3-4-12(7-13)10-23/h3-7,9,14-15,20-21,23H,8,10H2,1-2H3/b18-16+,20-9?/t14?,15-/m1/s1.